The molecule has 1 fully saturated rings. The van der Waals surface area contributed by atoms with Gasteiger partial charge in [-0.15, -0.1) is 11.3 Å². The van der Waals surface area contributed by atoms with E-state index in [2.05, 4.69) is 4.98 Å². The van der Waals surface area contributed by atoms with E-state index in [9.17, 15) is 9.59 Å². The van der Waals surface area contributed by atoms with Crippen molar-refractivity contribution in [2.45, 2.75) is 19.8 Å². The van der Waals surface area contributed by atoms with E-state index >= 15 is 0 Å². The van der Waals surface area contributed by atoms with E-state index < -0.39 is 0 Å². The molecule has 1 aromatic carbocycles. The molecule has 1 atom stereocenters. The van der Waals surface area contributed by atoms with Crippen LogP contribution in [0.25, 0.3) is 10.6 Å². The Morgan fingerprint density at radius 2 is 2.12 bits per heavy atom. The summed E-state index contributed by atoms with van der Waals surface area (Å²) in [6, 6.07) is 7.36. The van der Waals surface area contributed by atoms with Crippen LogP contribution in [0.5, 0.6) is 0 Å². The quantitative estimate of drug-likeness (QED) is 0.757. The minimum Gasteiger partial charge on any atom is -0.466 e. The van der Waals surface area contributed by atoms with Crippen molar-refractivity contribution in [3.05, 3.63) is 40.4 Å². The Kier molecular flexibility index (Phi) is 5.71. The van der Waals surface area contributed by atoms with E-state index in [-0.39, 0.29) is 17.8 Å². The highest BCUT2D eigenvalue weighted by molar-refractivity contribution is 7.13. The van der Waals surface area contributed by atoms with Crippen LogP contribution in [0.4, 0.5) is 0 Å². The molecule has 5 nitrogen and oxygen atoms in total. The van der Waals surface area contributed by atoms with Gasteiger partial charge in [0.25, 0.3) is 5.91 Å². The molecule has 0 aliphatic carbocycles. The van der Waals surface area contributed by atoms with Gasteiger partial charge in [-0.2, -0.15) is 0 Å². The smallest absolute Gasteiger partial charge is 0.310 e. The van der Waals surface area contributed by atoms with Gasteiger partial charge in [-0.25, -0.2) is 4.98 Å². The first-order valence-corrected chi connectivity index (χ1v) is 9.51. The number of nitrogens with zero attached hydrogens (tertiary/aromatic N) is 2. The highest BCUT2D eigenvalue weighted by Crippen LogP contribution is 2.26. The zero-order chi connectivity index (χ0) is 17.8. The molecule has 1 amide bonds. The number of piperidine rings is 1. The average molecular weight is 379 g/mol. The lowest BCUT2D eigenvalue weighted by Crippen LogP contribution is -2.42. The Balaban J connectivity index is 1.70. The van der Waals surface area contributed by atoms with Gasteiger partial charge in [0.1, 0.15) is 10.7 Å². The van der Waals surface area contributed by atoms with Gasteiger partial charge in [0, 0.05) is 29.1 Å². The maximum absolute atomic E-state index is 12.7. The van der Waals surface area contributed by atoms with Crippen molar-refractivity contribution in [1.29, 1.82) is 0 Å². The predicted molar refractivity (Wildman–Crippen MR) is 97.8 cm³/mol. The predicted octanol–water partition coefficient (Wildman–Crippen LogP) is 3.88. The Labute approximate surface area is 155 Å². The van der Waals surface area contributed by atoms with Gasteiger partial charge >= 0.3 is 5.97 Å². The van der Waals surface area contributed by atoms with Crippen LogP contribution in [0.3, 0.4) is 0 Å². The molecule has 0 saturated carbocycles. The molecule has 3 rings (SSSR count). The molecule has 2 aromatic rings. The molecule has 1 aliphatic rings. The van der Waals surface area contributed by atoms with Crippen LogP contribution in [0, 0.1) is 5.92 Å². The van der Waals surface area contributed by atoms with Crippen LogP contribution < -0.4 is 0 Å². The fourth-order valence-corrected chi connectivity index (χ4v) is 3.80. The zero-order valence-electron chi connectivity index (χ0n) is 13.9. The molecule has 132 valence electrons. The van der Waals surface area contributed by atoms with Crippen LogP contribution in [-0.2, 0) is 9.53 Å². The number of halogens is 1. The summed E-state index contributed by atoms with van der Waals surface area (Å²) in [6.45, 7) is 3.19. The second-order valence-corrected chi connectivity index (χ2v) is 7.18. The largest absolute Gasteiger partial charge is 0.466 e. The summed E-state index contributed by atoms with van der Waals surface area (Å²) >= 11 is 7.33. The number of ether oxygens (including phenoxy) is 1. The van der Waals surface area contributed by atoms with Crippen LogP contribution in [-0.4, -0.2) is 41.5 Å². The third-order valence-electron chi connectivity index (χ3n) is 4.14. The normalized spacial score (nSPS) is 17.4. The number of aromatic nitrogens is 1. The summed E-state index contributed by atoms with van der Waals surface area (Å²) < 4.78 is 5.09. The Morgan fingerprint density at radius 3 is 2.84 bits per heavy atom. The number of hydrogen-bond acceptors (Lipinski definition) is 5. The number of amides is 1. The van der Waals surface area contributed by atoms with Gasteiger partial charge in [0.15, 0.2) is 0 Å². The van der Waals surface area contributed by atoms with Gasteiger partial charge in [-0.3, -0.25) is 9.59 Å². The van der Waals surface area contributed by atoms with Gasteiger partial charge in [-0.1, -0.05) is 23.7 Å². The summed E-state index contributed by atoms with van der Waals surface area (Å²) in [4.78, 5) is 30.8. The number of thiazole rings is 1. The lowest BCUT2D eigenvalue weighted by molar-refractivity contribution is -0.149. The van der Waals surface area contributed by atoms with Gasteiger partial charge in [-0.05, 0) is 31.9 Å². The molecule has 0 N–H and O–H groups in total. The molecule has 1 aliphatic heterocycles. The number of esters is 1. The molecule has 2 heterocycles. The number of likely N-dealkylation sites (tertiary alicyclic amines) is 1. The highest BCUT2D eigenvalue weighted by atomic mass is 35.5. The first-order chi connectivity index (χ1) is 12.1. The third-order valence-corrected chi connectivity index (χ3v) is 5.29. The molecule has 1 saturated heterocycles. The van der Waals surface area contributed by atoms with E-state index in [1.807, 2.05) is 12.1 Å². The standard InChI is InChI=1S/C18H19ClN2O3S/c1-2-24-18(23)13-4-3-9-21(10-13)17(22)15-11-25-16(20-15)12-5-7-14(19)8-6-12/h5-8,11,13H,2-4,9-10H2,1H3/t13-/m0/s1. The Morgan fingerprint density at radius 1 is 1.36 bits per heavy atom. The Bertz CT molecular complexity index is 760. The van der Waals surface area contributed by atoms with Crippen molar-refractivity contribution in [3.8, 4) is 10.6 Å². The zero-order valence-corrected chi connectivity index (χ0v) is 15.5. The van der Waals surface area contributed by atoms with Gasteiger partial charge in [0.05, 0.1) is 12.5 Å². The molecule has 25 heavy (non-hydrogen) atoms. The fourth-order valence-electron chi connectivity index (χ4n) is 2.87. The lowest BCUT2D eigenvalue weighted by atomic mass is 9.98. The van der Waals surface area contributed by atoms with Crippen LogP contribution in [0.2, 0.25) is 5.02 Å². The summed E-state index contributed by atoms with van der Waals surface area (Å²) in [6.07, 6.45) is 1.55. The van der Waals surface area contributed by atoms with E-state index in [0.29, 0.717) is 30.4 Å². The van der Waals surface area contributed by atoms with E-state index in [1.165, 1.54) is 11.3 Å². The molecule has 0 bridgehead atoms. The van der Waals surface area contributed by atoms with Crippen molar-refractivity contribution in [2.24, 2.45) is 5.92 Å². The van der Waals surface area contributed by atoms with Crippen molar-refractivity contribution < 1.29 is 14.3 Å². The van der Waals surface area contributed by atoms with Crippen molar-refractivity contribution >= 4 is 34.8 Å². The Hall–Kier alpha value is -1.92. The van der Waals surface area contributed by atoms with E-state index in [1.54, 1.807) is 29.3 Å². The fraction of sp³-hybridized carbons (Fsp3) is 0.389. The molecular formula is C18H19ClN2O3S. The molecule has 0 unspecified atom stereocenters. The van der Waals surface area contributed by atoms with E-state index in [4.69, 9.17) is 16.3 Å². The average Bonchev–Trinajstić information content (AvgIpc) is 3.12. The van der Waals surface area contributed by atoms with Crippen LogP contribution >= 0.6 is 22.9 Å². The van der Waals surface area contributed by atoms with Crippen LogP contribution in [0.1, 0.15) is 30.3 Å². The maximum Gasteiger partial charge on any atom is 0.310 e. The number of hydrogen-bond donors (Lipinski definition) is 0. The monoisotopic (exact) mass is 378 g/mol. The molecule has 7 heteroatoms. The molecule has 1 aromatic heterocycles. The second kappa shape index (κ2) is 7.97. The third kappa shape index (κ3) is 4.19. The van der Waals surface area contributed by atoms with Crippen molar-refractivity contribution in [1.82, 2.24) is 9.88 Å². The number of rotatable bonds is 4. The van der Waals surface area contributed by atoms with Crippen molar-refractivity contribution in [2.75, 3.05) is 19.7 Å². The lowest BCUT2D eigenvalue weighted by Gasteiger charge is -2.31. The van der Waals surface area contributed by atoms with E-state index in [0.717, 1.165) is 23.4 Å². The first kappa shape index (κ1) is 17.9. The summed E-state index contributed by atoms with van der Waals surface area (Å²) in [5, 5.41) is 3.20. The number of benzene rings is 1. The molecular weight excluding hydrogens is 360 g/mol. The first-order valence-electron chi connectivity index (χ1n) is 8.26. The van der Waals surface area contributed by atoms with Gasteiger partial charge < -0.3 is 9.64 Å². The highest BCUT2D eigenvalue weighted by Gasteiger charge is 2.30. The van der Waals surface area contributed by atoms with Crippen LogP contribution in [0.15, 0.2) is 29.6 Å². The summed E-state index contributed by atoms with van der Waals surface area (Å²) in [5.41, 5.74) is 1.34. The number of carbonyl (C=O) groups excluding carboxylic acids is 2. The SMILES string of the molecule is CCOC(=O)[C@H]1CCCN(C(=O)c2csc(-c3ccc(Cl)cc3)n2)C1. The molecule has 0 spiro atoms. The minimum atomic E-state index is -0.243. The topological polar surface area (TPSA) is 59.5 Å². The molecule has 0 radical (unpaired) electrons. The van der Waals surface area contributed by atoms with Crippen molar-refractivity contribution in [3.63, 3.8) is 0 Å². The number of carbonyl (C=O) groups is 2. The summed E-state index contributed by atoms with van der Waals surface area (Å²) in [5.74, 6) is -0.599. The summed E-state index contributed by atoms with van der Waals surface area (Å²) in [7, 11) is 0. The maximum atomic E-state index is 12.7. The minimum absolute atomic E-state index is 0.134. The van der Waals surface area contributed by atoms with Gasteiger partial charge in [0.2, 0.25) is 0 Å². The second-order valence-electron chi connectivity index (χ2n) is 5.89.